The summed E-state index contributed by atoms with van der Waals surface area (Å²) >= 11 is 0. The Balaban J connectivity index is 2.66. The lowest BCUT2D eigenvalue weighted by Crippen LogP contribution is -2.26. The normalized spacial score (nSPS) is 12.3. The fraction of sp³-hybridized carbons (Fsp3) is 0.533. The molecule has 4 nitrogen and oxygen atoms in total. The Labute approximate surface area is 114 Å². The van der Waals surface area contributed by atoms with Gasteiger partial charge in [-0.25, -0.2) is 4.98 Å². The van der Waals surface area contributed by atoms with E-state index in [1.165, 1.54) is 0 Å². The van der Waals surface area contributed by atoms with Crippen LogP contribution < -0.4 is 10.5 Å². The summed E-state index contributed by atoms with van der Waals surface area (Å²) in [6, 6.07) is 5.98. The maximum atomic E-state index is 6.11. The molecule has 0 aliphatic rings. The van der Waals surface area contributed by atoms with Crippen molar-refractivity contribution >= 4 is 17.0 Å². The predicted octanol–water partition coefficient (Wildman–Crippen LogP) is 3.55. The van der Waals surface area contributed by atoms with E-state index in [9.17, 15) is 0 Å². The number of nitrogens with zero attached hydrogens (tertiary/aromatic N) is 2. The highest BCUT2D eigenvalue weighted by molar-refractivity contribution is 5.84. The first-order valence-electron chi connectivity index (χ1n) is 6.81. The number of nitrogens with two attached hydrogens (primary N) is 1. The van der Waals surface area contributed by atoms with Crippen LogP contribution in [0.1, 0.15) is 41.0 Å². The van der Waals surface area contributed by atoms with Gasteiger partial charge in [0.1, 0.15) is 11.3 Å². The fourth-order valence-electron chi connectivity index (χ4n) is 2.23. The van der Waals surface area contributed by atoms with Crippen LogP contribution in [0.3, 0.4) is 0 Å². The molecule has 0 unspecified atom stereocenters. The molecule has 0 saturated carbocycles. The van der Waals surface area contributed by atoms with Crippen molar-refractivity contribution in [1.29, 1.82) is 0 Å². The molecule has 2 aromatic rings. The molecule has 1 aromatic heterocycles. The number of ether oxygens (including phenoxy) is 1. The monoisotopic (exact) mass is 261 g/mol. The van der Waals surface area contributed by atoms with Crippen LogP contribution in [-0.2, 0) is 5.54 Å². The third-order valence-corrected chi connectivity index (χ3v) is 3.51. The summed E-state index contributed by atoms with van der Waals surface area (Å²) in [6.45, 7) is 10.5. The van der Waals surface area contributed by atoms with Crippen molar-refractivity contribution in [3.8, 4) is 5.75 Å². The van der Waals surface area contributed by atoms with Crippen LogP contribution in [0.5, 0.6) is 5.75 Å². The topological polar surface area (TPSA) is 53.1 Å². The molecule has 1 aromatic carbocycles. The maximum Gasteiger partial charge on any atom is 0.201 e. The molecule has 0 aliphatic carbocycles. The minimum Gasteiger partial charge on any atom is -0.489 e. The van der Waals surface area contributed by atoms with Gasteiger partial charge in [-0.05, 0) is 46.2 Å². The van der Waals surface area contributed by atoms with Crippen LogP contribution in [0.4, 0.5) is 5.95 Å². The summed E-state index contributed by atoms with van der Waals surface area (Å²) in [6.07, 6.45) is 1.11. The third-order valence-electron chi connectivity index (χ3n) is 3.51. The van der Waals surface area contributed by atoms with E-state index in [-0.39, 0.29) is 11.6 Å². The number of benzene rings is 1. The highest BCUT2D eigenvalue weighted by Crippen LogP contribution is 2.33. The van der Waals surface area contributed by atoms with Gasteiger partial charge in [0.25, 0.3) is 0 Å². The number of anilines is 1. The maximum absolute atomic E-state index is 6.11. The second-order valence-corrected chi connectivity index (χ2v) is 5.76. The standard InChI is InChI=1S/C15H23N3O/c1-6-15(4,5)18-11-8-7-9-12(19-10(2)3)13(11)17-14(18)16/h7-10H,6H2,1-5H3,(H2,16,17). The van der Waals surface area contributed by atoms with Gasteiger partial charge in [-0.3, -0.25) is 0 Å². The van der Waals surface area contributed by atoms with Crippen molar-refractivity contribution in [1.82, 2.24) is 9.55 Å². The number of imidazole rings is 1. The van der Waals surface area contributed by atoms with Gasteiger partial charge in [-0.1, -0.05) is 13.0 Å². The molecule has 104 valence electrons. The lowest BCUT2D eigenvalue weighted by molar-refractivity contribution is 0.245. The summed E-state index contributed by atoms with van der Waals surface area (Å²) in [4.78, 5) is 4.50. The van der Waals surface area contributed by atoms with Crippen molar-refractivity contribution in [2.24, 2.45) is 0 Å². The van der Waals surface area contributed by atoms with E-state index >= 15 is 0 Å². The van der Waals surface area contributed by atoms with Gasteiger partial charge in [-0.2, -0.15) is 0 Å². The molecule has 1 heterocycles. The van der Waals surface area contributed by atoms with Gasteiger partial charge in [0, 0.05) is 5.54 Å². The molecule has 0 saturated heterocycles. The van der Waals surface area contributed by atoms with E-state index in [2.05, 4.69) is 30.3 Å². The largest absolute Gasteiger partial charge is 0.489 e. The molecule has 0 amide bonds. The Hall–Kier alpha value is -1.71. The van der Waals surface area contributed by atoms with E-state index in [1.54, 1.807) is 0 Å². The molecule has 0 bridgehead atoms. The highest BCUT2D eigenvalue weighted by atomic mass is 16.5. The summed E-state index contributed by atoms with van der Waals surface area (Å²) in [5.41, 5.74) is 7.92. The molecule has 2 N–H and O–H groups in total. The molecule has 0 fully saturated rings. The van der Waals surface area contributed by atoms with Gasteiger partial charge in [0.2, 0.25) is 5.95 Å². The number of hydrogen-bond acceptors (Lipinski definition) is 3. The summed E-state index contributed by atoms with van der Waals surface area (Å²) in [5, 5.41) is 0. The minimum atomic E-state index is -0.0602. The van der Waals surface area contributed by atoms with E-state index < -0.39 is 0 Å². The predicted molar refractivity (Wildman–Crippen MR) is 79.5 cm³/mol. The van der Waals surface area contributed by atoms with Crippen molar-refractivity contribution in [3.05, 3.63) is 18.2 Å². The van der Waals surface area contributed by atoms with Crippen LogP contribution >= 0.6 is 0 Å². The van der Waals surface area contributed by atoms with Gasteiger partial charge in [0.05, 0.1) is 11.6 Å². The number of fused-ring (bicyclic) bond motifs is 1. The van der Waals surface area contributed by atoms with Crippen LogP contribution in [0.2, 0.25) is 0 Å². The van der Waals surface area contributed by atoms with Crippen LogP contribution in [-0.4, -0.2) is 15.7 Å². The van der Waals surface area contributed by atoms with E-state index in [1.807, 2.05) is 32.0 Å². The van der Waals surface area contributed by atoms with Gasteiger partial charge >= 0.3 is 0 Å². The average Bonchev–Trinajstić information content (AvgIpc) is 2.66. The van der Waals surface area contributed by atoms with E-state index in [0.29, 0.717) is 5.95 Å². The Bertz CT molecular complexity index is 584. The molecule has 2 rings (SSSR count). The molecule has 0 atom stereocenters. The van der Waals surface area contributed by atoms with Gasteiger partial charge in [-0.15, -0.1) is 0 Å². The molecule has 19 heavy (non-hydrogen) atoms. The zero-order chi connectivity index (χ0) is 14.2. The smallest absolute Gasteiger partial charge is 0.201 e. The SMILES string of the molecule is CCC(C)(C)n1c(N)nc2c(OC(C)C)cccc21. The number of para-hydroxylation sites is 1. The van der Waals surface area contributed by atoms with Crippen molar-refractivity contribution < 1.29 is 4.74 Å². The first-order valence-corrected chi connectivity index (χ1v) is 6.81. The van der Waals surface area contributed by atoms with Crippen molar-refractivity contribution in [2.45, 2.75) is 52.7 Å². The molecule has 0 radical (unpaired) electrons. The first kappa shape index (κ1) is 13.7. The number of aromatic nitrogens is 2. The summed E-state index contributed by atoms with van der Waals surface area (Å²) < 4.78 is 7.90. The van der Waals surface area contributed by atoms with E-state index in [4.69, 9.17) is 10.5 Å². The second-order valence-electron chi connectivity index (χ2n) is 5.76. The fourth-order valence-corrected chi connectivity index (χ4v) is 2.23. The Morgan fingerprint density at radius 3 is 2.63 bits per heavy atom. The lowest BCUT2D eigenvalue weighted by atomic mass is 10.0. The van der Waals surface area contributed by atoms with Crippen LogP contribution in [0.25, 0.3) is 11.0 Å². The molecule has 0 aliphatic heterocycles. The van der Waals surface area contributed by atoms with Crippen molar-refractivity contribution in [3.63, 3.8) is 0 Å². The van der Waals surface area contributed by atoms with Crippen LogP contribution in [0.15, 0.2) is 18.2 Å². The molecule has 0 spiro atoms. The first-order chi connectivity index (χ1) is 8.86. The molecular formula is C15H23N3O. The van der Waals surface area contributed by atoms with Crippen LogP contribution in [0, 0.1) is 0 Å². The number of nitrogen functional groups attached to an aromatic ring is 1. The van der Waals surface area contributed by atoms with E-state index in [0.717, 1.165) is 23.2 Å². The summed E-state index contributed by atoms with van der Waals surface area (Å²) in [7, 11) is 0. The minimum absolute atomic E-state index is 0.0602. The number of rotatable bonds is 4. The Kier molecular flexibility index (Phi) is 3.43. The zero-order valence-electron chi connectivity index (χ0n) is 12.4. The quantitative estimate of drug-likeness (QED) is 0.915. The molecular weight excluding hydrogens is 238 g/mol. The third kappa shape index (κ3) is 2.39. The lowest BCUT2D eigenvalue weighted by Gasteiger charge is -2.26. The second kappa shape index (κ2) is 4.76. The number of hydrogen-bond donors (Lipinski definition) is 1. The Morgan fingerprint density at radius 1 is 1.37 bits per heavy atom. The molecule has 4 heteroatoms. The van der Waals surface area contributed by atoms with Crippen molar-refractivity contribution in [2.75, 3.05) is 5.73 Å². The highest BCUT2D eigenvalue weighted by Gasteiger charge is 2.24. The van der Waals surface area contributed by atoms with Gasteiger partial charge < -0.3 is 15.0 Å². The Morgan fingerprint density at radius 2 is 2.05 bits per heavy atom. The average molecular weight is 261 g/mol. The zero-order valence-corrected chi connectivity index (χ0v) is 12.4. The summed E-state index contributed by atoms with van der Waals surface area (Å²) in [5.74, 6) is 1.34. The van der Waals surface area contributed by atoms with Gasteiger partial charge in [0.15, 0.2) is 0 Å².